The molecule has 1 saturated carbocycles. The van der Waals surface area contributed by atoms with E-state index in [1.54, 1.807) is 0 Å². The van der Waals surface area contributed by atoms with Gasteiger partial charge in [0.25, 0.3) is 0 Å². The molecule has 0 saturated heterocycles. The lowest BCUT2D eigenvalue weighted by Gasteiger charge is -2.14. The van der Waals surface area contributed by atoms with Crippen LogP contribution in [-0.4, -0.2) is 30.1 Å². The van der Waals surface area contributed by atoms with Gasteiger partial charge in [-0.25, -0.2) is 14.8 Å². The average molecular weight is 378 g/mol. The predicted octanol–water partition coefficient (Wildman–Crippen LogP) is 2.68. The third-order valence-electron chi connectivity index (χ3n) is 5.64. The van der Waals surface area contributed by atoms with Gasteiger partial charge in [-0.1, -0.05) is 20.8 Å². The molecule has 1 N–H and O–H groups in total. The van der Waals surface area contributed by atoms with Crippen LogP contribution in [0.4, 0.5) is 5.82 Å². The van der Waals surface area contributed by atoms with Gasteiger partial charge < -0.3 is 5.32 Å². The van der Waals surface area contributed by atoms with E-state index in [0.717, 1.165) is 36.1 Å². The van der Waals surface area contributed by atoms with Crippen molar-refractivity contribution in [3.63, 3.8) is 0 Å². The fraction of sp³-hybridized carbons (Fsp3) is 0.524. The number of nitrogens with one attached hydrogen (secondary N) is 1. The van der Waals surface area contributed by atoms with Gasteiger partial charge in [0, 0.05) is 36.9 Å². The summed E-state index contributed by atoms with van der Waals surface area (Å²) in [5.41, 5.74) is 1.90. The Morgan fingerprint density at radius 2 is 1.93 bits per heavy atom. The summed E-state index contributed by atoms with van der Waals surface area (Å²) in [4.78, 5) is 27.1. The van der Waals surface area contributed by atoms with Crippen LogP contribution in [0.15, 0.2) is 29.3 Å². The fourth-order valence-electron chi connectivity index (χ4n) is 3.89. The Morgan fingerprint density at radius 3 is 2.61 bits per heavy atom. The number of aromatic nitrogens is 5. The molecule has 0 radical (unpaired) electrons. The molecule has 7 heteroatoms. The van der Waals surface area contributed by atoms with Crippen LogP contribution in [0.3, 0.4) is 0 Å². The maximum absolute atomic E-state index is 13.3. The van der Waals surface area contributed by atoms with E-state index in [-0.39, 0.29) is 17.1 Å². The molecular weight excluding hydrogens is 352 g/mol. The Morgan fingerprint density at radius 1 is 1.18 bits per heavy atom. The zero-order chi connectivity index (χ0) is 19.5. The minimum absolute atomic E-state index is 0.0273. The fourth-order valence-corrected chi connectivity index (χ4v) is 3.89. The first-order valence-corrected chi connectivity index (χ1v) is 10.1. The molecule has 1 atom stereocenters. The number of anilines is 1. The van der Waals surface area contributed by atoms with Crippen LogP contribution in [0.2, 0.25) is 0 Å². The second kappa shape index (κ2) is 6.15. The molecule has 146 valence electrons. The first kappa shape index (κ1) is 17.4. The van der Waals surface area contributed by atoms with Gasteiger partial charge >= 0.3 is 5.69 Å². The maximum Gasteiger partial charge on any atom is 0.331 e. The highest BCUT2D eigenvalue weighted by molar-refractivity contribution is 5.70. The van der Waals surface area contributed by atoms with Crippen LogP contribution < -0.4 is 11.0 Å². The monoisotopic (exact) mass is 378 g/mol. The largest absolute Gasteiger partial charge is 0.365 e. The van der Waals surface area contributed by atoms with Crippen LogP contribution in [0.1, 0.15) is 45.0 Å². The lowest BCUT2D eigenvalue weighted by atomic mass is 9.96. The summed E-state index contributed by atoms with van der Waals surface area (Å²) in [6, 6.07) is 4.21. The zero-order valence-corrected chi connectivity index (χ0v) is 16.6. The maximum atomic E-state index is 13.3. The first-order chi connectivity index (χ1) is 13.4. The number of fused-ring (bicyclic) bond motifs is 3. The zero-order valence-electron chi connectivity index (χ0n) is 16.6. The number of rotatable bonds is 4. The summed E-state index contributed by atoms with van der Waals surface area (Å²) in [5, 5.41) is 3.55. The van der Waals surface area contributed by atoms with Crippen LogP contribution >= 0.6 is 0 Å². The van der Waals surface area contributed by atoms with Gasteiger partial charge in [0.1, 0.15) is 17.3 Å². The Balaban J connectivity index is 1.58. The number of hydrogen-bond acceptors (Lipinski definition) is 5. The Kier molecular flexibility index (Phi) is 3.82. The summed E-state index contributed by atoms with van der Waals surface area (Å²) in [7, 11) is 0. The van der Waals surface area contributed by atoms with Crippen molar-refractivity contribution in [1.29, 1.82) is 0 Å². The van der Waals surface area contributed by atoms with E-state index < -0.39 is 0 Å². The topological polar surface area (TPSA) is 77.6 Å². The van der Waals surface area contributed by atoms with Crippen molar-refractivity contribution in [2.75, 3.05) is 5.32 Å². The lowest BCUT2D eigenvalue weighted by Crippen LogP contribution is -2.33. The molecule has 0 amide bonds. The predicted molar refractivity (Wildman–Crippen MR) is 108 cm³/mol. The number of hydrogen-bond donors (Lipinski definition) is 1. The molecular formula is C21H26N6O. The van der Waals surface area contributed by atoms with E-state index >= 15 is 0 Å². The van der Waals surface area contributed by atoms with Gasteiger partial charge in [-0.15, -0.1) is 0 Å². The van der Waals surface area contributed by atoms with E-state index in [2.05, 4.69) is 31.1 Å². The van der Waals surface area contributed by atoms with Gasteiger partial charge in [0.05, 0.1) is 0 Å². The SMILES string of the molecule is CC(C)(C)c1nc2c3n(c(=O)n(CC4CC4)c-2n1)CC(Cc1ccncc1)N3. The van der Waals surface area contributed by atoms with Crippen molar-refractivity contribution in [1.82, 2.24) is 24.1 Å². The van der Waals surface area contributed by atoms with Crippen molar-refractivity contribution in [3.05, 3.63) is 46.4 Å². The minimum Gasteiger partial charge on any atom is -0.365 e. The van der Waals surface area contributed by atoms with Crippen LogP contribution in [0, 0.1) is 5.92 Å². The molecule has 3 aliphatic heterocycles. The Bertz CT molecular complexity index is 1040. The normalized spacial score (nSPS) is 19.0. The summed E-state index contributed by atoms with van der Waals surface area (Å²) in [6.45, 7) is 7.72. The second-order valence-electron chi connectivity index (χ2n) is 9.17. The first-order valence-electron chi connectivity index (χ1n) is 10.1. The van der Waals surface area contributed by atoms with E-state index in [0.29, 0.717) is 12.5 Å². The highest BCUT2D eigenvalue weighted by atomic mass is 16.1. The summed E-state index contributed by atoms with van der Waals surface area (Å²) >= 11 is 0. The van der Waals surface area contributed by atoms with Crippen LogP contribution in [0.5, 0.6) is 0 Å². The number of imidazole rings is 1. The molecule has 1 aromatic rings. The third kappa shape index (κ3) is 2.99. The minimum atomic E-state index is -0.161. The van der Waals surface area contributed by atoms with Gasteiger partial charge in [0.15, 0.2) is 5.82 Å². The quantitative estimate of drug-likeness (QED) is 0.755. The average Bonchev–Trinajstić information content (AvgIpc) is 3.18. The molecule has 1 aromatic heterocycles. The smallest absolute Gasteiger partial charge is 0.331 e. The molecule has 0 spiro atoms. The van der Waals surface area contributed by atoms with Gasteiger partial charge in [-0.05, 0) is 42.9 Å². The Hall–Kier alpha value is -2.70. The van der Waals surface area contributed by atoms with Crippen LogP contribution in [-0.2, 0) is 24.9 Å². The standard InChI is InChI=1S/C21H26N6O/c1-21(2,3)19-24-16-17-23-15(10-13-6-8-22-9-7-13)12-27(17)20(28)26(18(16)25-19)11-14-4-5-14/h6-9,14-15,23H,4-5,10-12H2,1-3H3. The molecule has 1 unspecified atom stereocenters. The second-order valence-corrected chi connectivity index (χ2v) is 9.17. The molecule has 28 heavy (non-hydrogen) atoms. The summed E-state index contributed by atoms with van der Waals surface area (Å²) in [5.74, 6) is 2.93. The molecule has 7 nitrogen and oxygen atoms in total. The molecule has 0 aromatic carbocycles. The van der Waals surface area contributed by atoms with Crippen molar-refractivity contribution < 1.29 is 0 Å². The molecule has 4 aliphatic rings. The van der Waals surface area contributed by atoms with Crippen molar-refractivity contribution >= 4 is 5.82 Å². The lowest BCUT2D eigenvalue weighted by molar-refractivity contribution is 0.535. The molecule has 1 aliphatic carbocycles. The van der Waals surface area contributed by atoms with Crippen molar-refractivity contribution in [2.45, 2.75) is 64.6 Å². The number of nitrogens with zero attached hydrogens (tertiary/aromatic N) is 5. The third-order valence-corrected chi connectivity index (χ3v) is 5.64. The molecule has 1 fully saturated rings. The van der Waals surface area contributed by atoms with E-state index in [1.807, 2.05) is 33.7 Å². The highest BCUT2D eigenvalue weighted by Crippen LogP contribution is 2.36. The van der Waals surface area contributed by atoms with Gasteiger partial charge in [-0.2, -0.15) is 0 Å². The van der Waals surface area contributed by atoms with Gasteiger partial charge in [0.2, 0.25) is 0 Å². The van der Waals surface area contributed by atoms with E-state index in [9.17, 15) is 4.79 Å². The summed E-state index contributed by atoms with van der Waals surface area (Å²) in [6.07, 6.45) is 6.85. The molecule has 5 rings (SSSR count). The number of pyridine rings is 1. The molecule has 4 heterocycles. The Labute approximate surface area is 164 Å². The molecule has 0 bridgehead atoms. The summed E-state index contributed by atoms with van der Waals surface area (Å²) < 4.78 is 3.72. The van der Waals surface area contributed by atoms with Crippen molar-refractivity contribution in [2.24, 2.45) is 5.92 Å². The van der Waals surface area contributed by atoms with E-state index in [4.69, 9.17) is 9.97 Å². The van der Waals surface area contributed by atoms with E-state index in [1.165, 1.54) is 18.4 Å². The van der Waals surface area contributed by atoms with Crippen molar-refractivity contribution in [3.8, 4) is 11.5 Å². The highest BCUT2D eigenvalue weighted by Gasteiger charge is 2.35. The van der Waals surface area contributed by atoms with Crippen LogP contribution in [0.25, 0.3) is 11.5 Å². The van der Waals surface area contributed by atoms with Gasteiger partial charge in [-0.3, -0.25) is 14.1 Å².